The van der Waals surface area contributed by atoms with E-state index >= 15 is 0 Å². The van der Waals surface area contributed by atoms with Gasteiger partial charge in [0.1, 0.15) is 0 Å². The van der Waals surface area contributed by atoms with Crippen LogP contribution in [0.15, 0.2) is 17.5 Å². The molecule has 0 bridgehead atoms. The van der Waals surface area contributed by atoms with Gasteiger partial charge in [0.15, 0.2) is 0 Å². The van der Waals surface area contributed by atoms with Crippen molar-refractivity contribution in [1.82, 2.24) is 5.32 Å². The Morgan fingerprint density at radius 3 is 2.47 bits per heavy atom. The van der Waals surface area contributed by atoms with E-state index in [1.54, 1.807) is 11.3 Å². The summed E-state index contributed by atoms with van der Waals surface area (Å²) in [6.07, 6.45) is 2.03. The minimum Gasteiger partial charge on any atom is -0.376 e. The highest BCUT2D eigenvalue weighted by atomic mass is 32.1. The van der Waals surface area contributed by atoms with Crippen molar-refractivity contribution in [3.05, 3.63) is 22.4 Å². The zero-order valence-electron chi connectivity index (χ0n) is 10.0. The highest BCUT2D eigenvalue weighted by Crippen LogP contribution is 2.36. The Hall–Kier alpha value is -0.380. The third-order valence-electron chi connectivity index (χ3n) is 3.25. The third-order valence-corrected chi connectivity index (χ3v) is 4.18. The van der Waals surface area contributed by atoms with E-state index in [0.717, 1.165) is 12.8 Å². The van der Waals surface area contributed by atoms with Crippen LogP contribution in [-0.2, 0) is 4.74 Å². The molecule has 1 N–H and O–H groups in total. The molecule has 0 spiro atoms. The van der Waals surface area contributed by atoms with Crippen LogP contribution in [0.4, 0.5) is 0 Å². The zero-order valence-corrected chi connectivity index (χ0v) is 10.9. The van der Waals surface area contributed by atoms with E-state index in [1.807, 2.05) is 14.2 Å². The summed E-state index contributed by atoms with van der Waals surface area (Å²) in [5.41, 5.74) is -0.0837. The molecule has 1 unspecified atom stereocenters. The molecule has 1 heterocycles. The van der Waals surface area contributed by atoms with E-state index in [-0.39, 0.29) is 11.6 Å². The lowest BCUT2D eigenvalue weighted by molar-refractivity contribution is -0.0458. The Kier molecular flexibility index (Phi) is 4.77. The molecule has 86 valence electrons. The SMILES string of the molecule is CCC(CC)(OC)C(NC)c1cccs1. The summed E-state index contributed by atoms with van der Waals surface area (Å²) >= 11 is 1.79. The predicted octanol–water partition coefficient (Wildman–Crippen LogP) is 3.21. The van der Waals surface area contributed by atoms with Gasteiger partial charge in [-0.3, -0.25) is 0 Å². The van der Waals surface area contributed by atoms with Crippen LogP contribution < -0.4 is 5.32 Å². The van der Waals surface area contributed by atoms with Crippen molar-refractivity contribution in [2.45, 2.75) is 38.3 Å². The normalized spacial score (nSPS) is 14.1. The van der Waals surface area contributed by atoms with E-state index in [2.05, 4.69) is 36.7 Å². The molecule has 3 heteroatoms. The summed E-state index contributed by atoms with van der Waals surface area (Å²) in [4.78, 5) is 1.35. The Morgan fingerprint density at radius 1 is 1.47 bits per heavy atom. The Bertz CT molecular complexity index is 259. The predicted molar refractivity (Wildman–Crippen MR) is 66.4 cm³/mol. The molecular formula is C12H21NOS. The molecule has 2 nitrogen and oxygen atoms in total. The Balaban J connectivity index is 2.98. The number of methoxy groups -OCH3 is 1. The second-order valence-corrected chi connectivity index (χ2v) is 4.69. The van der Waals surface area contributed by atoms with Gasteiger partial charge in [-0.15, -0.1) is 11.3 Å². The summed E-state index contributed by atoms with van der Waals surface area (Å²) in [5, 5.41) is 5.50. The average molecular weight is 227 g/mol. The molecule has 1 aromatic rings. The van der Waals surface area contributed by atoms with E-state index in [1.165, 1.54) is 4.88 Å². The van der Waals surface area contributed by atoms with Gasteiger partial charge in [0.2, 0.25) is 0 Å². The van der Waals surface area contributed by atoms with Crippen LogP contribution in [0, 0.1) is 0 Å². The summed E-state index contributed by atoms with van der Waals surface area (Å²) < 4.78 is 5.76. The maximum Gasteiger partial charge on any atom is 0.0875 e. The summed E-state index contributed by atoms with van der Waals surface area (Å²) in [6.45, 7) is 4.37. The second-order valence-electron chi connectivity index (χ2n) is 3.71. The lowest BCUT2D eigenvalue weighted by Gasteiger charge is -2.37. The zero-order chi connectivity index (χ0) is 11.3. The molecular weight excluding hydrogens is 206 g/mol. The van der Waals surface area contributed by atoms with E-state index in [4.69, 9.17) is 4.74 Å². The van der Waals surface area contributed by atoms with Crippen LogP contribution >= 0.6 is 11.3 Å². The lowest BCUT2D eigenvalue weighted by Crippen LogP contribution is -2.43. The average Bonchev–Trinajstić information content (AvgIpc) is 2.79. The first-order valence-corrected chi connectivity index (χ1v) is 6.37. The Morgan fingerprint density at radius 2 is 2.13 bits per heavy atom. The number of rotatable bonds is 6. The second kappa shape index (κ2) is 5.64. The largest absolute Gasteiger partial charge is 0.376 e. The van der Waals surface area contributed by atoms with Crippen molar-refractivity contribution in [1.29, 1.82) is 0 Å². The van der Waals surface area contributed by atoms with Gasteiger partial charge < -0.3 is 10.1 Å². The van der Waals surface area contributed by atoms with Crippen molar-refractivity contribution >= 4 is 11.3 Å². The van der Waals surface area contributed by atoms with Gasteiger partial charge in [0.05, 0.1) is 11.6 Å². The van der Waals surface area contributed by atoms with Crippen LogP contribution in [0.5, 0.6) is 0 Å². The van der Waals surface area contributed by atoms with Gasteiger partial charge in [-0.05, 0) is 31.3 Å². The van der Waals surface area contributed by atoms with Gasteiger partial charge in [0, 0.05) is 12.0 Å². The smallest absolute Gasteiger partial charge is 0.0875 e. The summed E-state index contributed by atoms with van der Waals surface area (Å²) in [7, 11) is 3.81. The Labute approximate surface area is 96.7 Å². The number of hydrogen-bond acceptors (Lipinski definition) is 3. The van der Waals surface area contributed by atoms with Crippen molar-refractivity contribution in [2.75, 3.05) is 14.2 Å². The van der Waals surface area contributed by atoms with Crippen molar-refractivity contribution < 1.29 is 4.74 Å². The fourth-order valence-corrected chi connectivity index (χ4v) is 3.12. The molecule has 0 aliphatic heterocycles. The fourth-order valence-electron chi connectivity index (χ4n) is 2.18. The standard InChI is InChI=1S/C12H21NOS/c1-5-12(6-2,14-4)11(13-3)10-8-7-9-15-10/h7-9,11,13H,5-6H2,1-4H3. The first-order valence-electron chi connectivity index (χ1n) is 5.49. The first kappa shape index (κ1) is 12.7. The number of likely N-dealkylation sites (N-methyl/N-ethyl adjacent to an activating group) is 1. The first-order chi connectivity index (χ1) is 7.24. The number of thiophene rings is 1. The van der Waals surface area contributed by atoms with Gasteiger partial charge in [-0.1, -0.05) is 19.9 Å². The molecule has 0 saturated carbocycles. The minimum atomic E-state index is -0.0837. The van der Waals surface area contributed by atoms with Crippen LogP contribution in [0.2, 0.25) is 0 Å². The monoisotopic (exact) mass is 227 g/mol. The number of nitrogens with one attached hydrogen (secondary N) is 1. The molecule has 0 aliphatic carbocycles. The maximum absolute atomic E-state index is 5.76. The molecule has 0 fully saturated rings. The van der Waals surface area contributed by atoms with Crippen LogP contribution in [-0.4, -0.2) is 19.8 Å². The van der Waals surface area contributed by atoms with Crippen LogP contribution in [0.25, 0.3) is 0 Å². The van der Waals surface area contributed by atoms with Crippen LogP contribution in [0.1, 0.15) is 37.6 Å². The highest BCUT2D eigenvalue weighted by molar-refractivity contribution is 7.10. The quantitative estimate of drug-likeness (QED) is 0.805. The minimum absolute atomic E-state index is 0.0837. The van der Waals surface area contributed by atoms with Crippen molar-refractivity contribution in [3.63, 3.8) is 0 Å². The number of hydrogen-bond donors (Lipinski definition) is 1. The molecule has 1 rings (SSSR count). The molecule has 15 heavy (non-hydrogen) atoms. The molecule has 1 atom stereocenters. The summed E-state index contributed by atoms with van der Waals surface area (Å²) in [5.74, 6) is 0. The van der Waals surface area contributed by atoms with E-state index in [9.17, 15) is 0 Å². The molecule has 1 aromatic heterocycles. The molecule has 0 aromatic carbocycles. The van der Waals surface area contributed by atoms with E-state index < -0.39 is 0 Å². The molecule has 0 saturated heterocycles. The van der Waals surface area contributed by atoms with Crippen molar-refractivity contribution in [3.8, 4) is 0 Å². The van der Waals surface area contributed by atoms with Crippen molar-refractivity contribution in [2.24, 2.45) is 0 Å². The molecule has 0 amide bonds. The number of ether oxygens (including phenoxy) is 1. The highest BCUT2D eigenvalue weighted by Gasteiger charge is 2.36. The van der Waals surface area contributed by atoms with Gasteiger partial charge in [-0.2, -0.15) is 0 Å². The van der Waals surface area contributed by atoms with Gasteiger partial charge >= 0.3 is 0 Å². The molecule has 0 aliphatic rings. The summed E-state index contributed by atoms with van der Waals surface area (Å²) in [6, 6.07) is 4.55. The maximum atomic E-state index is 5.76. The topological polar surface area (TPSA) is 21.3 Å². The third kappa shape index (κ3) is 2.41. The van der Waals surface area contributed by atoms with Crippen LogP contribution in [0.3, 0.4) is 0 Å². The lowest BCUT2D eigenvalue weighted by atomic mass is 9.87. The fraction of sp³-hybridized carbons (Fsp3) is 0.667. The molecule has 0 radical (unpaired) electrons. The van der Waals surface area contributed by atoms with E-state index in [0.29, 0.717) is 0 Å². The van der Waals surface area contributed by atoms with Gasteiger partial charge in [-0.25, -0.2) is 0 Å². The van der Waals surface area contributed by atoms with Gasteiger partial charge in [0.25, 0.3) is 0 Å².